The van der Waals surface area contributed by atoms with Crippen molar-refractivity contribution in [2.45, 2.75) is 19.5 Å². The van der Waals surface area contributed by atoms with Crippen LogP contribution in [-0.4, -0.2) is 21.1 Å². The summed E-state index contributed by atoms with van der Waals surface area (Å²) in [4.78, 5) is 8.13. The van der Waals surface area contributed by atoms with Gasteiger partial charge in [0.1, 0.15) is 0 Å². The fourth-order valence-electron chi connectivity index (χ4n) is 1.59. The number of rotatable bonds is 6. The number of halogens is 1. The highest BCUT2D eigenvalue weighted by Gasteiger charge is 1.95. The molecule has 0 atom stereocenters. The second-order valence-electron chi connectivity index (χ2n) is 3.84. The zero-order valence-corrected chi connectivity index (χ0v) is 11.1. The van der Waals surface area contributed by atoms with Crippen molar-refractivity contribution in [2.75, 3.05) is 6.54 Å². The van der Waals surface area contributed by atoms with E-state index >= 15 is 0 Å². The van der Waals surface area contributed by atoms with Gasteiger partial charge in [-0.05, 0) is 40.5 Å². The number of hydrogen-bond acceptors (Lipinski definition) is 3. The first-order valence-electron chi connectivity index (χ1n) is 5.60. The Morgan fingerprint density at radius 3 is 3.00 bits per heavy atom. The van der Waals surface area contributed by atoms with E-state index in [2.05, 4.69) is 41.8 Å². The molecule has 0 unspecified atom stereocenters. The van der Waals surface area contributed by atoms with Crippen molar-refractivity contribution >= 4 is 15.9 Å². The van der Waals surface area contributed by atoms with Crippen molar-refractivity contribution in [3.05, 3.63) is 47.2 Å². The monoisotopic (exact) mass is 294 g/mol. The molecule has 0 aromatic carbocycles. The van der Waals surface area contributed by atoms with Gasteiger partial charge in [-0.15, -0.1) is 0 Å². The zero-order chi connectivity index (χ0) is 11.9. The molecule has 0 saturated carbocycles. The lowest BCUT2D eigenvalue weighted by Gasteiger charge is -2.05. The number of aromatic nitrogens is 3. The summed E-state index contributed by atoms with van der Waals surface area (Å²) in [6, 6.07) is 2.08. The van der Waals surface area contributed by atoms with Gasteiger partial charge in [0.05, 0.1) is 6.33 Å². The molecule has 5 heteroatoms. The Balaban J connectivity index is 1.63. The van der Waals surface area contributed by atoms with Crippen LogP contribution in [0.4, 0.5) is 0 Å². The topological polar surface area (TPSA) is 42.7 Å². The summed E-state index contributed by atoms with van der Waals surface area (Å²) in [5.74, 6) is 0. The molecule has 4 nitrogen and oxygen atoms in total. The molecule has 0 fully saturated rings. The van der Waals surface area contributed by atoms with E-state index in [4.69, 9.17) is 0 Å². The predicted octanol–water partition coefficient (Wildman–Crippen LogP) is 2.22. The van der Waals surface area contributed by atoms with Crippen LogP contribution < -0.4 is 5.32 Å². The zero-order valence-electron chi connectivity index (χ0n) is 9.51. The van der Waals surface area contributed by atoms with Crippen LogP contribution in [0.15, 0.2) is 41.7 Å². The SMILES string of the molecule is Brc1cncc(CNCCCn2ccnc2)c1. The number of nitrogens with zero attached hydrogens (tertiary/aromatic N) is 3. The van der Waals surface area contributed by atoms with Crippen LogP contribution in [0.2, 0.25) is 0 Å². The molecule has 17 heavy (non-hydrogen) atoms. The number of hydrogen-bond donors (Lipinski definition) is 1. The lowest BCUT2D eigenvalue weighted by atomic mass is 10.3. The minimum atomic E-state index is 0.858. The van der Waals surface area contributed by atoms with Crippen molar-refractivity contribution in [3.8, 4) is 0 Å². The van der Waals surface area contributed by atoms with Gasteiger partial charge >= 0.3 is 0 Å². The molecule has 0 aliphatic carbocycles. The van der Waals surface area contributed by atoms with Crippen LogP contribution in [0, 0.1) is 0 Å². The summed E-state index contributed by atoms with van der Waals surface area (Å²) in [5.41, 5.74) is 1.20. The first-order valence-corrected chi connectivity index (χ1v) is 6.40. The van der Waals surface area contributed by atoms with Crippen LogP contribution in [0.5, 0.6) is 0 Å². The van der Waals surface area contributed by atoms with E-state index < -0.39 is 0 Å². The van der Waals surface area contributed by atoms with E-state index in [1.54, 1.807) is 12.4 Å². The Morgan fingerprint density at radius 1 is 1.29 bits per heavy atom. The van der Waals surface area contributed by atoms with Gasteiger partial charge in [0.25, 0.3) is 0 Å². The van der Waals surface area contributed by atoms with Gasteiger partial charge in [-0.25, -0.2) is 4.98 Å². The van der Waals surface area contributed by atoms with Crippen LogP contribution in [0.25, 0.3) is 0 Å². The molecule has 1 N–H and O–H groups in total. The number of imidazole rings is 1. The fourth-order valence-corrected chi connectivity index (χ4v) is 2.00. The summed E-state index contributed by atoms with van der Waals surface area (Å²) < 4.78 is 3.11. The van der Waals surface area contributed by atoms with E-state index in [0.717, 1.165) is 30.5 Å². The highest BCUT2D eigenvalue weighted by molar-refractivity contribution is 9.10. The molecule has 0 spiro atoms. The third kappa shape index (κ3) is 4.28. The molecule has 0 amide bonds. The number of nitrogens with one attached hydrogen (secondary N) is 1. The third-order valence-corrected chi connectivity index (χ3v) is 2.85. The second-order valence-corrected chi connectivity index (χ2v) is 4.76. The van der Waals surface area contributed by atoms with Gasteiger partial charge in [0, 0.05) is 42.3 Å². The van der Waals surface area contributed by atoms with Crippen molar-refractivity contribution in [3.63, 3.8) is 0 Å². The van der Waals surface area contributed by atoms with Crippen LogP contribution in [0.1, 0.15) is 12.0 Å². The van der Waals surface area contributed by atoms with Gasteiger partial charge < -0.3 is 9.88 Å². The Morgan fingerprint density at radius 2 is 2.24 bits per heavy atom. The quantitative estimate of drug-likeness (QED) is 0.831. The van der Waals surface area contributed by atoms with Gasteiger partial charge in [-0.3, -0.25) is 4.98 Å². The highest BCUT2D eigenvalue weighted by Crippen LogP contribution is 2.08. The van der Waals surface area contributed by atoms with Gasteiger partial charge in [-0.1, -0.05) is 0 Å². The highest BCUT2D eigenvalue weighted by atomic mass is 79.9. The normalized spacial score (nSPS) is 10.6. The van der Waals surface area contributed by atoms with Gasteiger partial charge in [0.15, 0.2) is 0 Å². The standard InChI is InChI=1S/C12H15BrN4/c13-12-6-11(8-16-9-12)7-14-2-1-4-17-5-3-15-10-17/h3,5-6,8-10,14H,1-2,4,7H2. The molecule has 0 aliphatic heterocycles. The fraction of sp³-hybridized carbons (Fsp3) is 0.333. The van der Waals surface area contributed by atoms with E-state index in [9.17, 15) is 0 Å². The smallest absolute Gasteiger partial charge is 0.0945 e. The molecule has 2 aromatic heterocycles. The van der Waals surface area contributed by atoms with Crippen molar-refractivity contribution in [2.24, 2.45) is 0 Å². The summed E-state index contributed by atoms with van der Waals surface area (Å²) in [7, 11) is 0. The molecule has 2 rings (SSSR count). The summed E-state index contributed by atoms with van der Waals surface area (Å²) in [6.07, 6.45) is 10.4. The van der Waals surface area contributed by atoms with Crippen LogP contribution in [0.3, 0.4) is 0 Å². The maximum Gasteiger partial charge on any atom is 0.0945 e. The maximum absolute atomic E-state index is 4.12. The van der Waals surface area contributed by atoms with E-state index in [0.29, 0.717) is 0 Å². The molecule has 0 saturated heterocycles. The average molecular weight is 295 g/mol. The Bertz CT molecular complexity index is 442. The Hall–Kier alpha value is -1.20. The lowest BCUT2D eigenvalue weighted by Crippen LogP contribution is -2.16. The van der Waals surface area contributed by atoms with E-state index in [1.807, 2.05) is 18.7 Å². The average Bonchev–Trinajstić information content (AvgIpc) is 2.82. The minimum absolute atomic E-state index is 0.858. The minimum Gasteiger partial charge on any atom is -0.337 e. The van der Waals surface area contributed by atoms with Gasteiger partial charge in [0.2, 0.25) is 0 Å². The van der Waals surface area contributed by atoms with E-state index in [-0.39, 0.29) is 0 Å². The largest absolute Gasteiger partial charge is 0.337 e. The van der Waals surface area contributed by atoms with E-state index in [1.165, 1.54) is 5.56 Å². The van der Waals surface area contributed by atoms with Crippen molar-refractivity contribution in [1.29, 1.82) is 0 Å². The summed E-state index contributed by atoms with van der Waals surface area (Å²) >= 11 is 3.41. The predicted molar refractivity (Wildman–Crippen MR) is 70.5 cm³/mol. The molecule has 0 radical (unpaired) electrons. The van der Waals surface area contributed by atoms with Gasteiger partial charge in [-0.2, -0.15) is 0 Å². The van der Waals surface area contributed by atoms with Crippen LogP contribution in [-0.2, 0) is 13.1 Å². The lowest BCUT2D eigenvalue weighted by molar-refractivity contribution is 0.580. The number of pyridine rings is 1. The van der Waals surface area contributed by atoms with Crippen molar-refractivity contribution in [1.82, 2.24) is 19.9 Å². The summed E-state index contributed by atoms with van der Waals surface area (Å²) in [6.45, 7) is 2.85. The molecule has 0 aliphatic rings. The molecule has 2 heterocycles. The molecule has 90 valence electrons. The summed E-state index contributed by atoms with van der Waals surface area (Å²) in [5, 5.41) is 3.40. The molecular weight excluding hydrogens is 280 g/mol. The number of aryl methyl sites for hydroxylation is 1. The Labute approximate surface area is 109 Å². The van der Waals surface area contributed by atoms with Crippen molar-refractivity contribution < 1.29 is 0 Å². The molecule has 0 bridgehead atoms. The molecule has 2 aromatic rings. The second kappa shape index (κ2) is 6.51. The third-order valence-electron chi connectivity index (χ3n) is 2.42. The maximum atomic E-state index is 4.12. The van der Waals surface area contributed by atoms with Crippen LogP contribution >= 0.6 is 15.9 Å². The Kier molecular flexibility index (Phi) is 4.70. The first-order chi connectivity index (χ1) is 8.34. The molecular formula is C12H15BrN4. The first kappa shape index (κ1) is 12.3.